The smallest absolute Gasteiger partial charge is 0.300 e. The van der Waals surface area contributed by atoms with Crippen molar-refractivity contribution in [3.05, 3.63) is 18.0 Å². The molecule has 1 N–H and O–H groups in total. The molecule has 2 aromatic heterocycles. The van der Waals surface area contributed by atoms with E-state index in [-0.39, 0.29) is 11.6 Å². The summed E-state index contributed by atoms with van der Waals surface area (Å²) in [5, 5.41) is 2.21. The van der Waals surface area contributed by atoms with E-state index in [4.69, 9.17) is 0 Å². The van der Waals surface area contributed by atoms with Gasteiger partial charge in [-0.3, -0.25) is 9.20 Å². The van der Waals surface area contributed by atoms with E-state index in [1.54, 1.807) is 29.0 Å². The lowest BCUT2D eigenvalue weighted by molar-refractivity contribution is -0.167. The van der Waals surface area contributed by atoms with E-state index >= 15 is 0 Å². The maximum Gasteiger partial charge on any atom is 0.471 e. The molecule has 0 saturated heterocycles. The SMILES string of the molecule is CCSc1c(NC(=O)C(F)(F)F)nc2ncc(C)cn12. The molecule has 108 valence electrons. The number of nitrogens with zero attached hydrogens (tertiary/aromatic N) is 3. The number of carbonyl (C=O) groups is 1. The third kappa shape index (κ3) is 2.87. The van der Waals surface area contributed by atoms with Crippen LogP contribution in [0.4, 0.5) is 19.0 Å². The highest BCUT2D eigenvalue weighted by atomic mass is 32.2. The molecule has 9 heteroatoms. The predicted molar refractivity (Wildman–Crippen MR) is 68.8 cm³/mol. The number of rotatable bonds is 3. The summed E-state index contributed by atoms with van der Waals surface area (Å²) in [6, 6.07) is 0. The molecule has 0 aliphatic heterocycles. The van der Waals surface area contributed by atoms with Gasteiger partial charge in [0.2, 0.25) is 5.78 Å². The van der Waals surface area contributed by atoms with Crippen LogP contribution in [-0.4, -0.2) is 32.2 Å². The van der Waals surface area contributed by atoms with Crippen molar-refractivity contribution in [3.63, 3.8) is 0 Å². The fourth-order valence-corrected chi connectivity index (χ4v) is 2.33. The molecule has 5 nitrogen and oxygen atoms in total. The summed E-state index contributed by atoms with van der Waals surface area (Å²) < 4.78 is 38.5. The Kier molecular flexibility index (Phi) is 3.89. The number of halogens is 3. The predicted octanol–water partition coefficient (Wildman–Crippen LogP) is 2.65. The first kappa shape index (κ1) is 14.6. The zero-order valence-corrected chi connectivity index (χ0v) is 11.5. The van der Waals surface area contributed by atoms with Gasteiger partial charge in [0.25, 0.3) is 0 Å². The molecule has 2 aromatic rings. The summed E-state index contributed by atoms with van der Waals surface area (Å²) in [4.78, 5) is 19.0. The highest BCUT2D eigenvalue weighted by Crippen LogP contribution is 2.29. The molecule has 0 saturated carbocycles. The van der Waals surface area contributed by atoms with E-state index in [0.29, 0.717) is 10.8 Å². The molecule has 1 amide bonds. The summed E-state index contributed by atoms with van der Waals surface area (Å²) in [7, 11) is 0. The Bertz CT molecular complexity index is 653. The first-order valence-electron chi connectivity index (χ1n) is 5.68. The van der Waals surface area contributed by atoms with E-state index in [9.17, 15) is 18.0 Å². The Morgan fingerprint density at radius 2 is 2.20 bits per heavy atom. The lowest BCUT2D eigenvalue weighted by atomic mass is 10.4. The molecule has 0 fully saturated rings. The third-order valence-electron chi connectivity index (χ3n) is 2.34. The highest BCUT2D eigenvalue weighted by Gasteiger charge is 2.39. The number of nitrogens with one attached hydrogen (secondary N) is 1. The van der Waals surface area contributed by atoms with Gasteiger partial charge in [-0.1, -0.05) is 6.92 Å². The second kappa shape index (κ2) is 5.31. The molecule has 0 radical (unpaired) electrons. The minimum absolute atomic E-state index is 0.128. The van der Waals surface area contributed by atoms with Crippen molar-refractivity contribution in [1.29, 1.82) is 0 Å². The molecule has 2 rings (SSSR count). The quantitative estimate of drug-likeness (QED) is 0.886. The number of aryl methyl sites for hydroxylation is 1. The maximum atomic E-state index is 12.3. The van der Waals surface area contributed by atoms with Crippen LogP contribution in [0.2, 0.25) is 0 Å². The van der Waals surface area contributed by atoms with Crippen molar-refractivity contribution in [2.24, 2.45) is 0 Å². The van der Waals surface area contributed by atoms with Crippen LogP contribution in [0.25, 0.3) is 5.78 Å². The Balaban J connectivity index is 2.47. The van der Waals surface area contributed by atoms with Crippen LogP contribution in [0, 0.1) is 6.92 Å². The number of imidazole rings is 1. The molecule has 0 unspecified atom stereocenters. The van der Waals surface area contributed by atoms with Gasteiger partial charge in [0.05, 0.1) is 0 Å². The van der Waals surface area contributed by atoms with Crippen molar-refractivity contribution in [2.45, 2.75) is 25.0 Å². The van der Waals surface area contributed by atoms with Crippen molar-refractivity contribution in [2.75, 3.05) is 11.1 Å². The van der Waals surface area contributed by atoms with Crippen LogP contribution in [-0.2, 0) is 4.79 Å². The Morgan fingerprint density at radius 1 is 1.50 bits per heavy atom. The van der Waals surface area contributed by atoms with Gasteiger partial charge in [-0.05, 0) is 18.2 Å². The van der Waals surface area contributed by atoms with Crippen LogP contribution in [0.15, 0.2) is 17.4 Å². The fraction of sp³-hybridized carbons (Fsp3) is 0.364. The van der Waals surface area contributed by atoms with Crippen LogP contribution in [0.5, 0.6) is 0 Å². The van der Waals surface area contributed by atoms with Gasteiger partial charge in [-0.25, -0.2) is 4.98 Å². The number of alkyl halides is 3. The lowest BCUT2D eigenvalue weighted by Gasteiger charge is -2.07. The van der Waals surface area contributed by atoms with Crippen LogP contribution in [0.1, 0.15) is 12.5 Å². The summed E-state index contributed by atoms with van der Waals surface area (Å²) >= 11 is 1.28. The van der Waals surface area contributed by atoms with E-state index in [2.05, 4.69) is 9.97 Å². The van der Waals surface area contributed by atoms with E-state index in [1.807, 2.05) is 6.92 Å². The van der Waals surface area contributed by atoms with Gasteiger partial charge in [-0.2, -0.15) is 18.2 Å². The number of hydrogen-bond donors (Lipinski definition) is 1. The molecule has 0 atom stereocenters. The fourth-order valence-electron chi connectivity index (χ4n) is 1.55. The number of fused-ring (bicyclic) bond motifs is 1. The van der Waals surface area contributed by atoms with Gasteiger partial charge in [0.1, 0.15) is 5.03 Å². The van der Waals surface area contributed by atoms with Crippen molar-refractivity contribution < 1.29 is 18.0 Å². The second-order valence-corrected chi connectivity index (χ2v) is 5.20. The number of amides is 1. The standard InChI is InChI=1S/C11H11F3N4OS/c1-3-20-8-7(16-9(19)11(12,13)14)17-10-15-4-6(2)5-18(8)10/h4-5H,3H2,1-2H3,(H,16,19). The summed E-state index contributed by atoms with van der Waals surface area (Å²) in [5.74, 6) is -1.31. The number of aromatic nitrogens is 3. The van der Waals surface area contributed by atoms with Crippen molar-refractivity contribution in [1.82, 2.24) is 14.4 Å². The zero-order valence-electron chi connectivity index (χ0n) is 10.7. The molecule has 2 heterocycles. The average Bonchev–Trinajstić information content (AvgIpc) is 2.67. The van der Waals surface area contributed by atoms with E-state index in [0.717, 1.165) is 5.56 Å². The van der Waals surface area contributed by atoms with Crippen LogP contribution >= 0.6 is 11.8 Å². The number of hydrogen-bond acceptors (Lipinski definition) is 4. The van der Waals surface area contributed by atoms with Crippen molar-refractivity contribution in [3.8, 4) is 0 Å². The zero-order chi connectivity index (χ0) is 14.9. The Labute approximate surface area is 116 Å². The topological polar surface area (TPSA) is 59.3 Å². The number of carbonyl (C=O) groups excluding carboxylic acids is 1. The third-order valence-corrected chi connectivity index (χ3v) is 3.29. The molecule has 0 aromatic carbocycles. The van der Waals surface area contributed by atoms with Crippen molar-refractivity contribution >= 4 is 29.3 Å². The van der Waals surface area contributed by atoms with Gasteiger partial charge in [-0.15, -0.1) is 11.8 Å². The maximum absolute atomic E-state index is 12.3. The van der Waals surface area contributed by atoms with Crippen LogP contribution in [0.3, 0.4) is 0 Å². The summed E-state index contributed by atoms with van der Waals surface area (Å²) in [6.07, 6.45) is -1.69. The van der Waals surface area contributed by atoms with E-state index < -0.39 is 12.1 Å². The molecular weight excluding hydrogens is 293 g/mol. The highest BCUT2D eigenvalue weighted by molar-refractivity contribution is 7.99. The molecule has 20 heavy (non-hydrogen) atoms. The molecule has 0 spiro atoms. The molecule has 0 aliphatic carbocycles. The van der Waals surface area contributed by atoms with Crippen LogP contribution < -0.4 is 5.32 Å². The normalized spacial score (nSPS) is 11.8. The van der Waals surface area contributed by atoms with Gasteiger partial charge >= 0.3 is 12.1 Å². The summed E-state index contributed by atoms with van der Waals surface area (Å²) in [6.45, 7) is 3.66. The number of thioether (sulfide) groups is 1. The first-order chi connectivity index (χ1) is 9.32. The van der Waals surface area contributed by atoms with E-state index in [1.165, 1.54) is 11.8 Å². The monoisotopic (exact) mass is 304 g/mol. The molecule has 0 aliphatic rings. The minimum atomic E-state index is -4.95. The summed E-state index contributed by atoms with van der Waals surface area (Å²) in [5.41, 5.74) is 0.835. The van der Waals surface area contributed by atoms with Gasteiger partial charge < -0.3 is 5.32 Å². The van der Waals surface area contributed by atoms with Gasteiger partial charge in [0.15, 0.2) is 5.82 Å². The second-order valence-electron chi connectivity index (χ2n) is 3.95. The average molecular weight is 304 g/mol. The minimum Gasteiger partial charge on any atom is -0.300 e. The Hall–Kier alpha value is -1.77. The van der Waals surface area contributed by atoms with Gasteiger partial charge in [0, 0.05) is 12.4 Å². The number of anilines is 1. The molecule has 0 bridgehead atoms. The Morgan fingerprint density at radius 3 is 2.80 bits per heavy atom. The first-order valence-corrected chi connectivity index (χ1v) is 6.67. The lowest BCUT2D eigenvalue weighted by Crippen LogP contribution is -2.30. The molecular formula is C11H11F3N4OS. The largest absolute Gasteiger partial charge is 0.471 e.